The van der Waals surface area contributed by atoms with Crippen molar-refractivity contribution < 1.29 is 23.0 Å². The smallest absolute Gasteiger partial charge is 0.387 e. The SMILES string of the molecule is COc1ccc(CNC(=O)CCc2nc3sc(C)c(C)c3c(=O)[nH]2)cc1OC(F)F. The number of fused-ring (bicyclic) bond motifs is 1. The topological polar surface area (TPSA) is 93.3 Å². The summed E-state index contributed by atoms with van der Waals surface area (Å²) in [5.74, 6) is 0.259. The molecule has 0 aliphatic heterocycles. The van der Waals surface area contributed by atoms with Crippen LogP contribution in [0.4, 0.5) is 8.78 Å². The second-order valence-electron chi connectivity index (χ2n) is 6.62. The number of carbonyl (C=O) groups excluding carboxylic acids is 1. The van der Waals surface area contributed by atoms with E-state index in [9.17, 15) is 18.4 Å². The number of thiophene rings is 1. The first-order valence-electron chi connectivity index (χ1n) is 9.15. The van der Waals surface area contributed by atoms with Crippen molar-refractivity contribution in [1.82, 2.24) is 15.3 Å². The predicted octanol–water partition coefficient (Wildman–Crippen LogP) is 3.46. The van der Waals surface area contributed by atoms with E-state index in [1.807, 2.05) is 13.8 Å². The van der Waals surface area contributed by atoms with Crippen molar-refractivity contribution in [2.24, 2.45) is 0 Å². The van der Waals surface area contributed by atoms with E-state index in [1.165, 1.54) is 30.6 Å². The molecule has 0 aliphatic rings. The Morgan fingerprint density at radius 3 is 2.77 bits per heavy atom. The number of halogens is 2. The molecule has 3 aromatic rings. The third-order valence-corrected chi connectivity index (χ3v) is 5.71. The van der Waals surface area contributed by atoms with Gasteiger partial charge in [0.25, 0.3) is 5.56 Å². The monoisotopic (exact) mass is 437 g/mol. The average Bonchev–Trinajstić information content (AvgIpc) is 2.98. The highest BCUT2D eigenvalue weighted by molar-refractivity contribution is 7.18. The summed E-state index contributed by atoms with van der Waals surface area (Å²) in [5, 5.41) is 3.30. The summed E-state index contributed by atoms with van der Waals surface area (Å²) in [6.45, 7) is 0.973. The van der Waals surface area contributed by atoms with Gasteiger partial charge < -0.3 is 19.8 Å². The number of carbonyl (C=O) groups is 1. The zero-order valence-electron chi connectivity index (χ0n) is 16.7. The molecule has 10 heteroatoms. The molecule has 0 radical (unpaired) electrons. The maximum absolute atomic E-state index is 12.5. The zero-order valence-corrected chi connectivity index (χ0v) is 17.5. The lowest BCUT2D eigenvalue weighted by Crippen LogP contribution is -2.23. The molecule has 160 valence electrons. The van der Waals surface area contributed by atoms with Crippen molar-refractivity contribution in [3.63, 3.8) is 0 Å². The van der Waals surface area contributed by atoms with Crippen molar-refractivity contribution >= 4 is 27.5 Å². The van der Waals surface area contributed by atoms with E-state index in [0.717, 1.165) is 10.4 Å². The van der Waals surface area contributed by atoms with Gasteiger partial charge in [0, 0.05) is 24.3 Å². The number of hydrogen-bond donors (Lipinski definition) is 2. The van der Waals surface area contributed by atoms with Crippen molar-refractivity contribution in [3.8, 4) is 11.5 Å². The molecule has 0 fully saturated rings. The number of aryl methyl sites for hydroxylation is 3. The highest BCUT2D eigenvalue weighted by Gasteiger charge is 2.14. The Kier molecular flexibility index (Phi) is 6.66. The minimum atomic E-state index is -2.98. The minimum absolute atomic E-state index is 0.101. The maximum Gasteiger partial charge on any atom is 0.387 e. The third kappa shape index (κ3) is 4.93. The van der Waals surface area contributed by atoms with E-state index in [4.69, 9.17) is 4.74 Å². The number of alkyl halides is 2. The molecule has 7 nitrogen and oxygen atoms in total. The number of nitrogens with zero attached hydrogens (tertiary/aromatic N) is 1. The Labute approximate surface area is 175 Å². The molecular formula is C20H21F2N3O4S. The molecular weight excluding hydrogens is 416 g/mol. The molecule has 2 heterocycles. The summed E-state index contributed by atoms with van der Waals surface area (Å²) in [4.78, 5) is 33.3. The molecule has 2 N–H and O–H groups in total. The summed E-state index contributed by atoms with van der Waals surface area (Å²) in [6.07, 6.45) is 0.393. The van der Waals surface area contributed by atoms with Crippen LogP contribution < -0.4 is 20.3 Å². The van der Waals surface area contributed by atoms with E-state index in [-0.39, 0.29) is 42.4 Å². The number of methoxy groups -OCH3 is 1. The lowest BCUT2D eigenvalue weighted by molar-refractivity contribution is -0.121. The Morgan fingerprint density at radius 1 is 1.30 bits per heavy atom. The van der Waals surface area contributed by atoms with Crippen LogP contribution in [-0.2, 0) is 17.8 Å². The summed E-state index contributed by atoms with van der Waals surface area (Å²) in [7, 11) is 1.35. The normalized spacial score (nSPS) is 11.1. The summed E-state index contributed by atoms with van der Waals surface area (Å²) in [5.41, 5.74) is 1.29. The summed E-state index contributed by atoms with van der Waals surface area (Å²) < 4.78 is 34.4. The molecule has 0 saturated carbocycles. The van der Waals surface area contributed by atoms with E-state index >= 15 is 0 Å². The fourth-order valence-electron chi connectivity index (χ4n) is 2.96. The number of aromatic amines is 1. The maximum atomic E-state index is 12.5. The van der Waals surface area contributed by atoms with Gasteiger partial charge in [-0.3, -0.25) is 9.59 Å². The van der Waals surface area contributed by atoms with Gasteiger partial charge >= 0.3 is 6.61 Å². The van der Waals surface area contributed by atoms with Crippen molar-refractivity contribution in [2.45, 2.75) is 39.8 Å². The predicted molar refractivity (Wildman–Crippen MR) is 110 cm³/mol. The van der Waals surface area contributed by atoms with Crippen molar-refractivity contribution in [3.05, 3.63) is 50.4 Å². The molecule has 0 spiro atoms. The second-order valence-corrected chi connectivity index (χ2v) is 7.82. The number of hydrogen-bond acceptors (Lipinski definition) is 6. The molecule has 2 aromatic heterocycles. The molecule has 0 unspecified atom stereocenters. The van der Waals surface area contributed by atoms with E-state index < -0.39 is 6.61 Å². The number of benzene rings is 1. The molecule has 0 bridgehead atoms. The van der Waals surface area contributed by atoms with Crippen LogP contribution in [0.1, 0.15) is 28.2 Å². The first kappa shape index (κ1) is 21.7. The van der Waals surface area contributed by atoms with E-state index in [0.29, 0.717) is 21.6 Å². The number of aromatic nitrogens is 2. The molecule has 0 atom stereocenters. The van der Waals surface area contributed by atoms with Gasteiger partial charge in [-0.1, -0.05) is 6.07 Å². The van der Waals surface area contributed by atoms with Gasteiger partial charge in [-0.25, -0.2) is 4.98 Å². The van der Waals surface area contributed by atoms with Crippen LogP contribution in [0, 0.1) is 13.8 Å². The largest absolute Gasteiger partial charge is 0.493 e. The number of ether oxygens (including phenoxy) is 2. The van der Waals surface area contributed by atoms with Crippen molar-refractivity contribution in [2.75, 3.05) is 7.11 Å². The van der Waals surface area contributed by atoms with E-state index in [2.05, 4.69) is 20.0 Å². The quantitative estimate of drug-likeness (QED) is 0.563. The Balaban J connectivity index is 1.60. The van der Waals surface area contributed by atoms with Crippen LogP contribution in [0.5, 0.6) is 11.5 Å². The van der Waals surface area contributed by atoms with Gasteiger partial charge in [0.2, 0.25) is 5.91 Å². The van der Waals surface area contributed by atoms with Gasteiger partial charge in [0.15, 0.2) is 11.5 Å². The highest BCUT2D eigenvalue weighted by atomic mass is 32.1. The van der Waals surface area contributed by atoms with Crippen LogP contribution in [0.25, 0.3) is 10.2 Å². The molecule has 1 amide bonds. The van der Waals surface area contributed by atoms with Crippen LogP contribution in [-0.4, -0.2) is 29.6 Å². The first-order valence-corrected chi connectivity index (χ1v) is 9.97. The lowest BCUT2D eigenvalue weighted by Gasteiger charge is -2.12. The molecule has 0 aliphatic carbocycles. The number of H-pyrrole nitrogens is 1. The summed E-state index contributed by atoms with van der Waals surface area (Å²) >= 11 is 1.45. The van der Waals surface area contributed by atoms with Gasteiger partial charge in [-0.05, 0) is 37.1 Å². The van der Waals surface area contributed by atoms with Crippen molar-refractivity contribution in [1.29, 1.82) is 0 Å². The van der Waals surface area contributed by atoms with Crippen LogP contribution in [0.15, 0.2) is 23.0 Å². The Morgan fingerprint density at radius 2 is 2.07 bits per heavy atom. The van der Waals surface area contributed by atoms with E-state index in [1.54, 1.807) is 6.07 Å². The standard InChI is InChI=1S/C20H21F2N3O4S/c1-10-11(2)30-19-17(10)18(27)24-15(25-19)6-7-16(26)23-9-12-4-5-13(28-3)14(8-12)29-20(21)22/h4-5,8,20H,6-7,9H2,1-3H3,(H,23,26)(H,24,25,27). The summed E-state index contributed by atoms with van der Waals surface area (Å²) in [6, 6.07) is 4.53. The van der Waals surface area contributed by atoms with Gasteiger partial charge in [-0.2, -0.15) is 8.78 Å². The number of nitrogens with one attached hydrogen (secondary N) is 2. The van der Waals surface area contributed by atoms with Crippen LogP contribution in [0.2, 0.25) is 0 Å². The fourth-order valence-corrected chi connectivity index (χ4v) is 4.01. The molecule has 1 aromatic carbocycles. The average molecular weight is 437 g/mol. The zero-order chi connectivity index (χ0) is 21.8. The number of rotatable bonds is 8. The molecule has 0 saturated heterocycles. The van der Waals surface area contributed by atoms with Crippen LogP contribution >= 0.6 is 11.3 Å². The highest BCUT2D eigenvalue weighted by Crippen LogP contribution is 2.29. The van der Waals surface area contributed by atoms with Gasteiger partial charge in [-0.15, -0.1) is 11.3 Å². The first-order chi connectivity index (χ1) is 14.3. The number of amides is 1. The Bertz CT molecular complexity index is 1130. The minimum Gasteiger partial charge on any atom is -0.493 e. The van der Waals surface area contributed by atoms with Gasteiger partial charge in [0.1, 0.15) is 10.7 Å². The van der Waals surface area contributed by atoms with Crippen LogP contribution in [0.3, 0.4) is 0 Å². The third-order valence-electron chi connectivity index (χ3n) is 4.61. The second kappa shape index (κ2) is 9.21. The fraction of sp³-hybridized carbons (Fsp3) is 0.350. The Hall–Kier alpha value is -3.01. The van der Waals surface area contributed by atoms with Gasteiger partial charge in [0.05, 0.1) is 12.5 Å². The molecule has 30 heavy (non-hydrogen) atoms. The lowest BCUT2D eigenvalue weighted by atomic mass is 10.2. The molecule has 3 rings (SSSR count).